The fourth-order valence-electron chi connectivity index (χ4n) is 2.78. The zero-order valence-corrected chi connectivity index (χ0v) is 13.8. The highest BCUT2D eigenvalue weighted by molar-refractivity contribution is 7.89. The van der Waals surface area contributed by atoms with Crippen molar-refractivity contribution in [2.75, 3.05) is 26.7 Å². The zero-order chi connectivity index (χ0) is 17.3. The summed E-state index contributed by atoms with van der Waals surface area (Å²) in [5, 5.41) is 9.13. The van der Waals surface area contributed by atoms with E-state index in [-0.39, 0.29) is 29.6 Å². The van der Waals surface area contributed by atoms with Crippen molar-refractivity contribution in [3.05, 3.63) is 47.8 Å². The number of benzene rings is 1. The van der Waals surface area contributed by atoms with Gasteiger partial charge >= 0.3 is 0 Å². The Morgan fingerprint density at radius 1 is 1.42 bits per heavy atom. The number of hydrogen-bond donors (Lipinski definition) is 1. The number of nitriles is 1. The van der Waals surface area contributed by atoms with Gasteiger partial charge in [0.05, 0.1) is 11.6 Å². The molecule has 7 nitrogen and oxygen atoms in total. The molecular weight excluding hydrogens is 333 g/mol. The number of H-pyrrole nitrogens is 1. The number of aromatic amines is 1. The highest BCUT2D eigenvalue weighted by atomic mass is 32.2. The Kier molecular flexibility index (Phi) is 4.36. The van der Waals surface area contributed by atoms with Crippen LogP contribution in [0.2, 0.25) is 0 Å². The maximum absolute atomic E-state index is 13.3. The molecule has 0 spiro atoms. The summed E-state index contributed by atoms with van der Waals surface area (Å²) in [6.07, 6.45) is 3.30. The third-order valence-electron chi connectivity index (χ3n) is 4.13. The second kappa shape index (κ2) is 6.32. The number of halogens is 1. The summed E-state index contributed by atoms with van der Waals surface area (Å²) in [5.74, 6) is 0.0364. The van der Waals surface area contributed by atoms with Gasteiger partial charge in [0.15, 0.2) is 0 Å². The molecule has 9 heteroatoms. The standard InChI is InChI=1S/C15H16FN5O2S/c1-20-6-7-21(10-13(20)15-18-4-5-19-15)24(22,23)14-3-2-12(16)8-11(14)9-17/h2-5,8,13H,6-7,10H2,1H3,(H,18,19)/t13-/m1/s1. The summed E-state index contributed by atoms with van der Waals surface area (Å²) in [6, 6.07) is 4.67. The molecule has 0 radical (unpaired) electrons. The van der Waals surface area contributed by atoms with Gasteiger partial charge in [0.1, 0.15) is 22.6 Å². The number of imidazole rings is 1. The predicted molar refractivity (Wildman–Crippen MR) is 83.8 cm³/mol. The second-order valence-electron chi connectivity index (χ2n) is 5.59. The average molecular weight is 349 g/mol. The Morgan fingerprint density at radius 3 is 2.88 bits per heavy atom. The largest absolute Gasteiger partial charge is 0.347 e. The molecule has 2 aromatic rings. The minimum Gasteiger partial charge on any atom is -0.347 e. The minimum absolute atomic E-state index is 0.172. The van der Waals surface area contributed by atoms with Crippen LogP contribution in [0.25, 0.3) is 0 Å². The lowest BCUT2D eigenvalue weighted by atomic mass is 10.2. The molecule has 0 amide bonds. The molecule has 1 saturated heterocycles. The smallest absolute Gasteiger partial charge is 0.244 e. The number of aromatic nitrogens is 2. The third-order valence-corrected chi connectivity index (χ3v) is 6.05. The van der Waals surface area contributed by atoms with Crippen LogP contribution in [-0.2, 0) is 10.0 Å². The van der Waals surface area contributed by atoms with Gasteiger partial charge in [0.25, 0.3) is 0 Å². The van der Waals surface area contributed by atoms with Gasteiger partial charge in [-0.2, -0.15) is 9.57 Å². The van der Waals surface area contributed by atoms with Gasteiger partial charge in [-0.25, -0.2) is 17.8 Å². The topological polar surface area (TPSA) is 93.1 Å². The molecule has 1 N–H and O–H groups in total. The van der Waals surface area contributed by atoms with Crippen molar-refractivity contribution < 1.29 is 12.8 Å². The summed E-state index contributed by atoms with van der Waals surface area (Å²) in [7, 11) is -1.99. The number of hydrogen-bond acceptors (Lipinski definition) is 5. The maximum Gasteiger partial charge on any atom is 0.244 e. The van der Waals surface area contributed by atoms with Gasteiger partial charge in [-0.05, 0) is 25.2 Å². The average Bonchev–Trinajstić information content (AvgIpc) is 3.09. The normalized spacial score (nSPS) is 20.0. The molecular formula is C15H16FN5O2S. The molecule has 0 bridgehead atoms. The lowest BCUT2D eigenvalue weighted by Gasteiger charge is -2.37. The number of nitrogens with zero attached hydrogens (tertiary/aromatic N) is 4. The molecule has 3 rings (SSSR count). The van der Waals surface area contributed by atoms with E-state index in [0.29, 0.717) is 12.4 Å². The highest BCUT2D eigenvalue weighted by Crippen LogP contribution is 2.27. The molecule has 24 heavy (non-hydrogen) atoms. The molecule has 0 aliphatic carbocycles. The fourth-order valence-corrected chi connectivity index (χ4v) is 4.34. The Hall–Kier alpha value is -2.28. The van der Waals surface area contributed by atoms with E-state index >= 15 is 0 Å². The lowest BCUT2D eigenvalue weighted by molar-refractivity contribution is 0.142. The van der Waals surface area contributed by atoms with Crippen LogP contribution in [0.3, 0.4) is 0 Å². The van der Waals surface area contributed by atoms with E-state index in [1.54, 1.807) is 18.5 Å². The molecule has 1 aromatic carbocycles. The van der Waals surface area contributed by atoms with Gasteiger partial charge in [0.2, 0.25) is 10.0 Å². The van der Waals surface area contributed by atoms with Crippen LogP contribution in [0.4, 0.5) is 4.39 Å². The van der Waals surface area contributed by atoms with Gasteiger partial charge in [-0.3, -0.25) is 4.90 Å². The van der Waals surface area contributed by atoms with Gasteiger partial charge in [-0.1, -0.05) is 0 Å². The predicted octanol–water partition coefficient (Wildman–Crippen LogP) is 1.10. The van der Waals surface area contributed by atoms with Crippen LogP contribution in [0.5, 0.6) is 0 Å². The van der Waals surface area contributed by atoms with Crippen molar-refractivity contribution in [3.63, 3.8) is 0 Å². The fraction of sp³-hybridized carbons (Fsp3) is 0.333. The lowest BCUT2D eigenvalue weighted by Crippen LogP contribution is -2.49. The maximum atomic E-state index is 13.3. The van der Waals surface area contributed by atoms with Crippen LogP contribution in [0.1, 0.15) is 17.4 Å². The van der Waals surface area contributed by atoms with E-state index in [2.05, 4.69) is 9.97 Å². The first-order chi connectivity index (χ1) is 11.4. The van der Waals surface area contributed by atoms with Gasteiger partial charge in [0, 0.05) is 32.0 Å². The number of rotatable bonds is 3. The molecule has 2 heterocycles. The van der Waals surface area contributed by atoms with Crippen LogP contribution in [-0.4, -0.2) is 54.3 Å². The molecule has 1 atom stereocenters. The van der Waals surface area contributed by atoms with Crippen molar-refractivity contribution in [2.24, 2.45) is 0 Å². The van der Waals surface area contributed by atoms with Crippen molar-refractivity contribution in [3.8, 4) is 6.07 Å². The highest BCUT2D eigenvalue weighted by Gasteiger charge is 2.35. The monoisotopic (exact) mass is 349 g/mol. The van der Waals surface area contributed by atoms with Gasteiger partial charge in [-0.15, -0.1) is 0 Å². The third kappa shape index (κ3) is 2.91. The minimum atomic E-state index is -3.89. The summed E-state index contributed by atoms with van der Waals surface area (Å²) >= 11 is 0. The molecule has 1 aliphatic rings. The van der Waals surface area contributed by atoms with Crippen LogP contribution < -0.4 is 0 Å². The van der Waals surface area contributed by atoms with Crippen molar-refractivity contribution >= 4 is 10.0 Å². The van der Waals surface area contributed by atoms with E-state index in [0.717, 1.165) is 18.2 Å². The Labute approximate surface area is 139 Å². The van der Waals surface area contributed by atoms with Crippen molar-refractivity contribution in [2.45, 2.75) is 10.9 Å². The Balaban J connectivity index is 1.95. The Morgan fingerprint density at radius 2 is 2.21 bits per heavy atom. The number of nitrogens with one attached hydrogen (secondary N) is 1. The summed E-state index contributed by atoms with van der Waals surface area (Å²) in [6.45, 7) is 1.01. The summed E-state index contributed by atoms with van der Waals surface area (Å²) < 4.78 is 40.4. The first-order valence-electron chi connectivity index (χ1n) is 7.33. The summed E-state index contributed by atoms with van der Waals surface area (Å²) in [4.78, 5) is 9.05. The van der Waals surface area contributed by atoms with Crippen LogP contribution >= 0.6 is 0 Å². The van der Waals surface area contributed by atoms with Crippen molar-refractivity contribution in [1.82, 2.24) is 19.2 Å². The Bertz CT molecular complexity index is 876. The summed E-state index contributed by atoms with van der Waals surface area (Å²) in [5.41, 5.74) is -0.191. The van der Waals surface area contributed by atoms with Crippen LogP contribution in [0.15, 0.2) is 35.5 Å². The SMILES string of the molecule is CN1CCN(S(=O)(=O)c2ccc(F)cc2C#N)C[C@@H]1c1ncc[nH]1. The van der Waals surface area contributed by atoms with E-state index in [4.69, 9.17) is 5.26 Å². The number of likely N-dealkylation sites (N-methyl/N-ethyl adjacent to an activating group) is 1. The molecule has 1 aromatic heterocycles. The number of piperazine rings is 1. The first-order valence-corrected chi connectivity index (χ1v) is 8.77. The number of sulfonamides is 1. The molecule has 0 saturated carbocycles. The quantitative estimate of drug-likeness (QED) is 0.896. The molecule has 126 valence electrons. The van der Waals surface area contributed by atoms with E-state index in [9.17, 15) is 12.8 Å². The van der Waals surface area contributed by atoms with E-state index < -0.39 is 15.8 Å². The van der Waals surface area contributed by atoms with E-state index in [1.807, 2.05) is 11.9 Å². The molecule has 1 fully saturated rings. The van der Waals surface area contributed by atoms with E-state index in [1.165, 1.54) is 4.31 Å². The molecule has 1 aliphatic heterocycles. The van der Waals surface area contributed by atoms with Gasteiger partial charge < -0.3 is 4.98 Å². The van der Waals surface area contributed by atoms with Crippen molar-refractivity contribution in [1.29, 1.82) is 5.26 Å². The molecule has 0 unspecified atom stereocenters. The zero-order valence-electron chi connectivity index (χ0n) is 13.0. The first kappa shape index (κ1) is 16.6. The van der Waals surface area contributed by atoms with Crippen LogP contribution in [0, 0.1) is 17.1 Å². The second-order valence-corrected chi connectivity index (χ2v) is 7.49.